The first-order valence-corrected chi connectivity index (χ1v) is 20.5. The molecule has 4 saturated carbocycles. The summed E-state index contributed by atoms with van der Waals surface area (Å²) in [5, 5.41) is 85.4. The Balaban J connectivity index is 1.23. The normalized spacial score (nSPS) is 51.9. The van der Waals surface area contributed by atoms with Crippen LogP contribution in [0.15, 0.2) is 23.3 Å². The largest absolute Gasteiger partial charge is 0.394 e. The van der Waals surface area contributed by atoms with Crippen molar-refractivity contribution >= 4 is 0 Å². The predicted octanol–water partition coefficient (Wildman–Crippen LogP) is 2.81. The number of rotatable bonds is 9. The van der Waals surface area contributed by atoms with Gasteiger partial charge in [-0.3, -0.25) is 0 Å². The number of hydrogen-bond donors (Lipinski definition) is 8. The van der Waals surface area contributed by atoms with Gasteiger partial charge < -0.3 is 59.8 Å². The van der Waals surface area contributed by atoms with Crippen molar-refractivity contribution in [1.29, 1.82) is 0 Å². The third-order valence-corrected chi connectivity index (χ3v) is 15.6. The van der Waals surface area contributed by atoms with Gasteiger partial charge in [0.05, 0.1) is 25.4 Å². The van der Waals surface area contributed by atoms with Crippen LogP contribution in [-0.2, 0) is 18.9 Å². The number of aliphatic hydroxyl groups excluding tert-OH is 8. The smallest absolute Gasteiger partial charge is 0.187 e. The molecule has 4 aliphatic carbocycles. The van der Waals surface area contributed by atoms with Gasteiger partial charge in [-0.25, -0.2) is 0 Å². The van der Waals surface area contributed by atoms with Gasteiger partial charge in [-0.1, -0.05) is 57.9 Å². The van der Waals surface area contributed by atoms with Crippen molar-refractivity contribution < 1.29 is 59.8 Å². The van der Waals surface area contributed by atoms with Crippen LogP contribution >= 0.6 is 0 Å². The van der Waals surface area contributed by atoms with Gasteiger partial charge in [-0.05, 0) is 117 Å². The lowest BCUT2D eigenvalue weighted by Gasteiger charge is -2.68. The van der Waals surface area contributed by atoms with Gasteiger partial charge in [-0.15, -0.1) is 0 Å². The lowest BCUT2D eigenvalue weighted by molar-refractivity contribution is -0.378. The highest BCUT2D eigenvalue weighted by Crippen LogP contribution is 2.72. The molecule has 8 N–H and O–H groups in total. The lowest BCUT2D eigenvalue weighted by atomic mass is 9.38. The fraction of sp³-hybridized carbons (Fsp3) is 0.905. The maximum absolute atomic E-state index is 12.1. The van der Waals surface area contributed by atoms with E-state index in [4.69, 9.17) is 18.9 Å². The molecule has 6 aliphatic rings. The van der Waals surface area contributed by atoms with Crippen molar-refractivity contribution in [3.8, 4) is 0 Å². The summed E-state index contributed by atoms with van der Waals surface area (Å²) < 4.78 is 24.4. The minimum Gasteiger partial charge on any atom is -0.394 e. The summed E-state index contributed by atoms with van der Waals surface area (Å²) in [5.41, 5.74) is 2.29. The summed E-state index contributed by atoms with van der Waals surface area (Å²) in [6.45, 7) is 17.0. The molecule has 0 aromatic rings. The standard InChI is InChI=1S/C42H70O12/c1-20(2)10-9-11-21(3)23-12-14-42(8)30-22(4)16-28-40(5,6)29(13-15-41(28,7)24(30)17-25(45)31(23)42)53-39-37(35(49)33(47)27(19-44)52-39)54-38-36(50)34(48)32(46)26(18-43)51-38/h10-11,22-39,43-50H,9,12-19H2,1-8H3/b21-11+/t22-,23-,24-,25+,26-,27-,28-,29-,30-,31-,32-,33-,34+,35+,36-,37-,38+,39+,41-,42-/m1/s1. The third-order valence-electron chi connectivity index (χ3n) is 15.6. The van der Waals surface area contributed by atoms with E-state index >= 15 is 0 Å². The van der Waals surface area contributed by atoms with Gasteiger partial charge in [0, 0.05) is 0 Å². The van der Waals surface area contributed by atoms with Gasteiger partial charge in [0.15, 0.2) is 12.6 Å². The maximum Gasteiger partial charge on any atom is 0.187 e. The van der Waals surface area contributed by atoms with Gasteiger partial charge in [0.2, 0.25) is 0 Å². The predicted molar refractivity (Wildman–Crippen MR) is 199 cm³/mol. The van der Waals surface area contributed by atoms with Crippen LogP contribution in [0.25, 0.3) is 0 Å². The maximum atomic E-state index is 12.1. The van der Waals surface area contributed by atoms with Crippen LogP contribution in [-0.4, -0.2) is 128 Å². The van der Waals surface area contributed by atoms with E-state index in [0.29, 0.717) is 30.1 Å². The van der Waals surface area contributed by atoms with Crippen molar-refractivity contribution in [1.82, 2.24) is 0 Å². The Morgan fingerprint density at radius 1 is 0.704 bits per heavy atom. The van der Waals surface area contributed by atoms with E-state index in [1.54, 1.807) is 0 Å². The van der Waals surface area contributed by atoms with Crippen molar-refractivity contribution in [3.05, 3.63) is 23.3 Å². The quantitative estimate of drug-likeness (QED) is 0.126. The van der Waals surface area contributed by atoms with E-state index in [0.717, 1.165) is 38.5 Å². The molecule has 0 radical (unpaired) electrons. The number of hydrogen-bond acceptors (Lipinski definition) is 12. The van der Waals surface area contributed by atoms with E-state index in [1.807, 2.05) is 0 Å². The molecule has 0 aromatic heterocycles. The van der Waals surface area contributed by atoms with Crippen LogP contribution in [0, 0.1) is 51.8 Å². The summed E-state index contributed by atoms with van der Waals surface area (Å²) in [4.78, 5) is 0. The fourth-order valence-corrected chi connectivity index (χ4v) is 12.9. The van der Waals surface area contributed by atoms with E-state index in [1.165, 1.54) is 11.1 Å². The Hall–Kier alpha value is -1.00. The number of fused-ring (bicyclic) bond motifs is 5. The first-order chi connectivity index (χ1) is 25.3. The molecule has 2 heterocycles. The monoisotopic (exact) mass is 766 g/mol. The minimum absolute atomic E-state index is 0.0324. The average molecular weight is 767 g/mol. The van der Waals surface area contributed by atoms with Gasteiger partial charge in [-0.2, -0.15) is 0 Å². The van der Waals surface area contributed by atoms with E-state index < -0.39 is 80.0 Å². The molecule has 2 aliphatic heterocycles. The van der Waals surface area contributed by atoms with Crippen molar-refractivity contribution in [2.24, 2.45) is 51.8 Å². The van der Waals surface area contributed by atoms with E-state index in [9.17, 15) is 40.9 Å². The molecule has 6 rings (SSSR count). The van der Waals surface area contributed by atoms with Crippen LogP contribution in [0.3, 0.4) is 0 Å². The van der Waals surface area contributed by atoms with Crippen molar-refractivity contribution in [2.75, 3.05) is 13.2 Å². The first kappa shape index (κ1) is 42.6. The summed E-state index contributed by atoms with van der Waals surface area (Å²) in [7, 11) is 0. The number of ether oxygens (including phenoxy) is 4. The molecule has 2 saturated heterocycles. The SMILES string of the molecule is CC(C)=CC/C=C(\C)[C@H]1CC[C@]2(C)[C@@H]3[C@H](C)C[C@@H]4C(C)(C)[C@H](O[C@@H]5O[C@H](CO)[C@@H](O)[C@H](O)[C@H]5O[C@@H]5O[C@H](CO)[C@@H](O)[C@H](O)[C@H]5O)CC[C@]4(C)[C@@H]3C[C@H](O)[C@@H]12. The Labute approximate surface area is 321 Å². The second-order valence-corrected chi connectivity index (χ2v) is 19.3. The van der Waals surface area contributed by atoms with Crippen LogP contribution in [0.5, 0.6) is 0 Å². The molecule has 0 unspecified atom stereocenters. The van der Waals surface area contributed by atoms with Gasteiger partial charge in [0.25, 0.3) is 0 Å². The molecular formula is C42H70O12. The number of aliphatic hydroxyl groups is 8. The molecule has 0 amide bonds. The highest BCUT2D eigenvalue weighted by atomic mass is 16.8. The molecular weight excluding hydrogens is 696 g/mol. The van der Waals surface area contributed by atoms with Gasteiger partial charge >= 0.3 is 0 Å². The molecule has 310 valence electrons. The summed E-state index contributed by atoms with van der Waals surface area (Å²) in [6.07, 6.45) is -4.62. The number of allylic oxidation sites excluding steroid dienone is 4. The average Bonchev–Trinajstić information content (AvgIpc) is 3.48. The Bertz CT molecular complexity index is 1360. The Morgan fingerprint density at radius 3 is 1.94 bits per heavy atom. The highest BCUT2D eigenvalue weighted by Gasteiger charge is 2.68. The zero-order valence-electron chi connectivity index (χ0n) is 33.6. The summed E-state index contributed by atoms with van der Waals surface area (Å²) in [6, 6.07) is 0. The molecule has 0 spiro atoms. The fourth-order valence-electron chi connectivity index (χ4n) is 12.9. The molecule has 0 bridgehead atoms. The van der Waals surface area contributed by atoms with Crippen molar-refractivity contribution in [3.63, 3.8) is 0 Å². The van der Waals surface area contributed by atoms with Crippen LogP contribution in [0.4, 0.5) is 0 Å². The Morgan fingerprint density at radius 2 is 1.31 bits per heavy atom. The van der Waals surface area contributed by atoms with Crippen LogP contribution in [0.2, 0.25) is 0 Å². The lowest BCUT2D eigenvalue weighted by Crippen LogP contribution is -2.66. The zero-order valence-corrected chi connectivity index (χ0v) is 33.6. The Kier molecular flexibility index (Phi) is 12.6. The molecule has 12 nitrogen and oxygen atoms in total. The first-order valence-electron chi connectivity index (χ1n) is 20.5. The summed E-state index contributed by atoms with van der Waals surface area (Å²) in [5.74, 6) is 2.09. The second-order valence-electron chi connectivity index (χ2n) is 19.3. The van der Waals surface area contributed by atoms with Crippen LogP contribution in [0.1, 0.15) is 100 Å². The second kappa shape index (κ2) is 16.0. The molecule has 6 fully saturated rings. The molecule has 54 heavy (non-hydrogen) atoms. The highest BCUT2D eigenvalue weighted by molar-refractivity contribution is 5.21. The van der Waals surface area contributed by atoms with Gasteiger partial charge in [0.1, 0.15) is 48.8 Å². The minimum atomic E-state index is -1.74. The van der Waals surface area contributed by atoms with E-state index in [-0.39, 0.29) is 34.9 Å². The van der Waals surface area contributed by atoms with Crippen molar-refractivity contribution in [2.45, 2.75) is 174 Å². The zero-order chi connectivity index (χ0) is 39.7. The topological polar surface area (TPSA) is 199 Å². The summed E-state index contributed by atoms with van der Waals surface area (Å²) >= 11 is 0. The third kappa shape index (κ3) is 7.21. The molecule has 12 heteroatoms. The van der Waals surface area contributed by atoms with E-state index in [2.05, 4.69) is 67.5 Å². The van der Waals surface area contributed by atoms with Crippen LogP contribution < -0.4 is 0 Å². The molecule has 20 atom stereocenters. The molecule has 0 aromatic carbocycles.